The van der Waals surface area contributed by atoms with Gasteiger partial charge in [0, 0.05) is 0 Å². The molecule has 0 heteroatoms. The highest BCUT2D eigenvalue weighted by Crippen LogP contribution is 2.42. The van der Waals surface area contributed by atoms with Crippen molar-refractivity contribution in [3.05, 3.63) is 22.8 Å². The minimum atomic E-state index is 0.733. The van der Waals surface area contributed by atoms with Gasteiger partial charge in [0.1, 0.15) is 0 Å². The zero-order valence-corrected chi connectivity index (χ0v) is 10.6. The number of hydrogen-bond donors (Lipinski definition) is 0. The largest absolute Gasteiger partial charge is 0.0674 e. The van der Waals surface area contributed by atoms with Gasteiger partial charge in [0.15, 0.2) is 0 Å². The highest BCUT2D eigenvalue weighted by molar-refractivity contribution is 5.37. The maximum absolute atomic E-state index is 2.54. The van der Waals surface area contributed by atoms with E-state index in [4.69, 9.17) is 0 Å². The monoisotopic (exact) mass is 204 g/mol. The second kappa shape index (κ2) is 4.15. The SMILES string of the molecule is CC(C)C1=CC2=C(CC[C@@H]2C)[C@@H](C)CC1. The van der Waals surface area contributed by atoms with Gasteiger partial charge < -0.3 is 0 Å². The van der Waals surface area contributed by atoms with Gasteiger partial charge in [-0.15, -0.1) is 0 Å². The van der Waals surface area contributed by atoms with E-state index in [1.165, 1.54) is 25.7 Å². The van der Waals surface area contributed by atoms with Crippen molar-refractivity contribution in [3.63, 3.8) is 0 Å². The van der Waals surface area contributed by atoms with Crippen molar-refractivity contribution in [2.45, 2.75) is 53.4 Å². The first-order valence-corrected chi connectivity index (χ1v) is 6.53. The first-order chi connectivity index (χ1) is 7.09. The molecule has 0 nitrogen and oxygen atoms in total. The Hall–Kier alpha value is -0.520. The zero-order chi connectivity index (χ0) is 11.0. The Balaban J connectivity index is 2.34. The van der Waals surface area contributed by atoms with Gasteiger partial charge in [-0.2, -0.15) is 0 Å². The Bertz CT molecular complexity index is 304. The molecule has 0 heterocycles. The average molecular weight is 204 g/mol. The highest BCUT2D eigenvalue weighted by atomic mass is 14.3. The van der Waals surface area contributed by atoms with Gasteiger partial charge >= 0.3 is 0 Å². The van der Waals surface area contributed by atoms with E-state index in [9.17, 15) is 0 Å². The minimum Gasteiger partial charge on any atom is -0.0674 e. The Kier molecular flexibility index (Phi) is 3.04. The average Bonchev–Trinajstić information content (AvgIpc) is 2.43. The molecular formula is C15H24. The zero-order valence-electron chi connectivity index (χ0n) is 10.6. The summed E-state index contributed by atoms with van der Waals surface area (Å²) in [7, 11) is 0. The lowest BCUT2D eigenvalue weighted by atomic mass is 9.92. The van der Waals surface area contributed by atoms with E-state index < -0.39 is 0 Å². The van der Waals surface area contributed by atoms with E-state index in [0.717, 1.165) is 17.8 Å². The molecule has 0 saturated heterocycles. The van der Waals surface area contributed by atoms with Crippen LogP contribution in [-0.4, -0.2) is 0 Å². The summed E-state index contributed by atoms with van der Waals surface area (Å²) < 4.78 is 0. The van der Waals surface area contributed by atoms with Crippen molar-refractivity contribution < 1.29 is 0 Å². The molecule has 84 valence electrons. The first-order valence-electron chi connectivity index (χ1n) is 6.53. The molecule has 2 aliphatic carbocycles. The summed E-state index contributed by atoms with van der Waals surface area (Å²) in [5, 5.41) is 0. The molecule has 0 aromatic heterocycles. The standard InChI is InChI=1S/C15H24/c1-10(2)13-7-5-11(3)14-8-6-12(4)15(14)9-13/h9-12H,5-8H2,1-4H3/t11-,12-/m0/s1. The third-order valence-electron chi connectivity index (χ3n) is 4.29. The van der Waals surface area contributed by atoms with Crippen molar-refractivity contribution in [2.75, 3.05) is 0 Å². The van der Waals surface area contributed by atoms with Crippen LogP contribution in [0.1, 0.15) is 53.4 Å². The molecule has 0 fully saturated rings. The molecule has 2 aliphatic rings. The molecule has 0 aliphatic heterocycles. The van der Waals surface area contributed by atoms with Gasteiger partial charge in [0.05, 0.1) is 0 Å². The first kappa shape index (κ1) is 11.0. The van der Waals surface area contributed by atoms with Crippen LogP contribution in [0.25, 0.3) is 0 Å². The molecule has 0 amide bonds. The summed E-state index contributed by atoms with van der Waals surface area (Å²) in [6.45, 7) is 9.49. The molecule has 0 aromatic rings. The third kappa shape index (κ3) is 2.04. The van der Waals surface area contributed by atoms with Crippen LogP contribution in [0.15, 0.2) is 22.8 Å². The predicted molar refractivity (Wildman–Crippen MR) is 66.7 cm³/mol. The van der Waals surface area contributed by atoms with E-state index in [2.05, 4.69) is 33.8 Å². The Labute approximate surface area is 94.5 Å². The second-order valence-corrected chi connectivity index (χ2v) is 5.73. The van der Waals surface area contributed by atoms with E-state index in [0.29, 0.717) is 0 Å². The van der Waals surface area contributed by atoms with E-state index >= 15 is 0 Å². The Morgan fingerprint density at radius 2 is 1.73 bits per heavy atom. The normalized spacial score (nSPS) is 31.7. The lowest BCUT2D eigenvalue weighted by Gasteiger charge is -2.13. The lowest BCUT2D eigenvalue weighted by molar-refractivity contribution is 0.568. The van der Waals surface area contributed by atoms with Crippen molar-refractivity contribution in [3.8, 4) is 0 Å². The molecule has 2 rings (SSSR count). The predicted octanol–water partition coefficient (Wildman–Crippen LogP) is 4.73. The van der Waals surface area contributed by atoms with Crippen LogP contribution in [0.5, 0.6) is 0 Å². The van der Waals surface area contributed by atoms with E-state index in [1.54, 1.807) is 16.7 Å². The molecule has 0 spiro atoms. The minimum absolute atomic E-state index is 0.733. The topological polar surface area (TPSA) is 0 Å². The van der Waals surface area contributed by atoms with Crippen LogP contribution in [0.4, 0.5) is 0 Å². The van der Waals surface area contributed by atoms with Gasteiger partial charge in [-0.25, -0.2) is 0 Å². The molecule has 0 saturated carbocycles. The number of allylic oxidation sites excluding steroid dienone is 4. The van der Waals surface area contributed by atoms with Crippen molar-refractivity contribution in [1.82, 2.24) is 0 Å². The molecule has 0 aromatic carbocycles. The highest BCUT2D eigenvalue weighted by Gasteiger charge is 2.26. The molecule has 0 N–H and O–H groups in total. The van der Waals surface area contributed by atoms with Crippen LogP contribution in [0.3, 0.4) is 0 Å². The van der Waals surface area contributed by atoms with Gasteiger partial charge in [-0.05, 0) is 49.0 Å². The van der Waals surface area contributed by atoms with Gasteiger partial charge in [-0.3, -0.25) is 0 Å². The van der Waals surface area contributed by atoms with Gasteiger partial charge in [0.2, 0.25) is 0 Å². The third-order valence-corrected chi connectivity index (χ3v) is 4.29. The van der Waals surface area contributed by atoms with Crippen LogP contribution >= 0.6 is 0 Å². The van der Waals surface area contributed by atoms with Crippen LogP contribution in [0.2, 0.25) is 0 Å². The second-order valence-electron chi connectivity index (χ2n) is 5.73. The summed E-state index contributed by atoms with van der Waals surface area (Å²) in [6.07, 6.45) is 7.98. The molecule has 0 unspecified atom stereocenters. The fraction of sp³-hybridized carbons (Fsp3) is 0.733. The van der Waals surface area contributed by atoms with Crippen molar-refractivity contribution in [1.29, 1.82) is 0 Å². The van der Waals surface area contributed by atoms with Crippen molar-refractivity contribution in [2.24, 2.45) is 17.8 Å². The van der Waals surface area contributed by atoms with Crippen molar-refractivity contribution >= 4 is 0 Å². The fourth-order valence-electron chi connectivity index (χ4n) is 3.04. The van der Waals surface area contributed by atoms with Crippen LogP contribution in [0, 0.1) is 17.8 Å². The molecule has 0 radical (unpaired) electrons. The molecule has 15 heavy (non-hydrogen) atoms. The Morgan fingerprint density at radius 1 is 1.07 bits per heavy atom. The lowest BCUT2D eigenvalue weighted by Crippen LogP contribution is -1.99. The van der Waals surface area contributed by atoms with Crippen LogP contribution in [-0.2, 0) is 0 Å². The van der Waals surface area contributed by atoms with E-state index in [-0.39, 0.29) is 0 Å². The van der Waals surface area contributed by atoms with Gasteiger partial charge in [-0.1, -0.05) is 44.9 Å². The number of rotatable bonds is 1. The summed E-state index contributed by atoms with van der Waals surface area (Å²) in [5.74, 6) is 2.38. The number of hydrogen-bond acceptors (Lipinski definition) is 0. The molecule has 2 atom stereocenters. The summed E-state index contributed by atoms with van der Waals surface area (Å²) >= 11 is 0. The van der Waals surface area contributed by atoms with Crippen LogP contribution < -0.4 is 0 Å². The maximum Gasteiger partial charge on any atom is -0.0188 e. The Morgan fingerprint density at radius 3 is 2.40 bits per heavy atom. The fourth-order valence-corrected chi connectivity index (χ4v) is 3.04. The summed E-state index contributed by atoms with van der Waals surface area (Å²) in [5.41, 5.74) is 5.16. The van der Waals surface area contributed by atoms with E-state index in [1.807, 2.05) is 0 Å². The summed E-state index contributed by atoms with van der Waals surface area (Å²) in [4.78, 5) is 0. The smallest absolute Gasteiger partial charge is 0.0188 e. The molecule has 0 bridgehead atoms. The molecular weight excluding hydrogens is 180 g/mol. The summed E-state index contributed by atoms with van der Waals surface area (Å²) in [6, 6.07) is 0. The van der Waals surface area contributed by atoms with Gasteiger partial charge in [0.25, 0.3) is 0 Å². The quantitative estimate of drug-likeness (QED) is 0.579. The maximum atomic E-state index is 2.54.